The van der Waals surface area contributed by atoms with Gasteiger partial charge in [-0.3, -0.25) is 4.57 Å². The average molecular weight is 280 g/mol. The largest absolute Gasteiger partial charge is 0.393 e. The highest BCUT2D eigenvalue weighted by Gasteiger charge is 2.76. The Kier molecular flexibility index (Phi) is 4.37. The molecule has 1 aliphatic carbocycles. The van der Waals surface area contributed by atoms with E-state index in [1.165, 1.54) is 0 Å². The van der Waals surface area contributed by atoms with Crippen molar-refractivity contribution in [2.75, 3.05) is 13.0 Å². The number of aliphatic hydroxyl groups is 1. The van der Waals surface area contributed by atoms with Crippen LogP contribution in [-0.4, -0.2) is 33.4 Å². The highest BCUT2D eigenvalue weighted by atomic mass is 31.2. The maximum Gasteiger partial charge on any atom is 0.351 e. The van der Waals surface area contributed by atoms with Crippen LogP contribution in [0.4, 0.5) is 0 Å². The fourth-order valence-corrected chi connectivity index (χ4v) is 3.96. The van der Waals surface area contributed by atoms with Crippen LogP contribution in [0, 0.1) is 23.2 Å². The fourth-order valence-electron chi connectivity index (χ4n) is 3.56. The molecule has 3 N–H and O–H groups in total. The highest BCUT2D eigenvalue weighted by molar-refractivity contribution is 7.51. The topological polar surface area (TPSA) is 87.0 Å². The second kappa shape index (κ2) is 4.88. The Morgan fingerprint density at radius 1 is 1.28 bits per heavy atom. The second-order valence-corrected chi connectivity index (χ2v) is 7.73. The van der Waals surface area contributed by atoms with E-state index in [4.69, 9.17) is 14.5 Å². The van der Waals surface area contributed by atoms with Crippen molar-refractivity contribution in [1.29, 1.82) is 0 Å². The van der Waals surface area contributed by atoms with Crippen LogP contribution in [0.1, 0.15) is 34.6 Å². The van der Waals surface area contributed by atoms with Crippen molar-refractivity contribution in [2.45, 2.75) is 40.2 Å². The summed E-state index contributed by atoms with van der Waals surface area (Å²) < 4.78 is 16.5. The van der Waals surface area contributed by atoms with Gasteiger partial charge in [0.05, 0.1) is 6.61 Å². The van der Waals surface area contributed by atoms with Crippen LogP contribution in [0.5, 0.6) is 0 Å². The monoisotopic (exact) mass is 280 g/mol. The lowest BCUT2D eigenvalue weighted by atomic mass is 9.87. The molecule has 0 amide bonds. The molecule has 1 saturated carbocycles. The minimum absolute atomic E-state index is 0.113. The number of rotatable bonds is 6. The third kappa shape index (κ3) is 2.39. The number of ether oxygens (including phenoxy) is 1. The third-order valence-electron chi connectivity index (χ3n) is 4.57. The van der Waals surface area contributed by atoms with E-state index in [9.17, 15) is 9.67 Å². The van der Waals surface area contributed by atoms with Crippen molar-refractivity contribution in [3.8, 4) is 0 Å². The first-order valence-electron chi connectivity index (χ1n) is 6.32. The van der Waals surface area contributed by atoms with Crippen LogP contribution in [0.25, 0.3) is 0 Å². The average Bonchev–Trinajstić information content (AvgIpc) is 2.77. The molecule has 0 aromatic heterocycles. The van der Waals surface area contributed by atoms with Gasteiger partial charge in [0.25, 0.3) is 0 Å². The molecule has 3 atom stereocenters. The van der Waals surface area contributed by atoms with Gasteiger partial charge in [0.2, 0.25) is 0 Å². The first kappa shape index (κ1) is 16.1. The first-order chi connectivity index (χ1) is 8.03. The van der Waals surface area contributed by atoms with Gasteiger partial charge >= 0.3 is 7.60 Å². The third-order valence-corrected chi connectivity index (χ3v) is 5.03. The molecule has 18 heavy (non-hydrogen) atoms. The molecule has 6 heteroatoms. The van der Waals surface area contributed by atoms with Gasteiger partial charge in [-0.25, -0.2) is 0 Å². The molecule has 5 nitrogen and oxygen atoms in total. The molecular formula is C12H25O5P. The summed E-state index contributed by atoms with van der Waals surface area (Å²) in [4.78, 5) is 17.9. The highest BCUT2D eigenvalue weighted by Crippen LogP contribution is 2.71. The summed E-state index contributed by atoms with van der Waals surface area (Å²) in [6.45, 7) is 10.0. The van der Waals surface area contributed by atoms with E-state index >= 15 is 0 Å². The molecule has 1 fully saturated rings. The van der Waals surface area contributed by atoms with Crippen LogP contribution in [-0.2, 0) is 9.30 Å². The zero-order chi connectivity index (χ0) is 14.4. The van der Waals surface area contributed by atoms with Gasteiger partial charge < -0.3 is 19.6 Å². The van der Waals surface area contributed by atoms with E-state index in [1.54, 1.807) is 0 Å². The Hall–Kier alpha value is 0.0700. The number of hydrogen-bond donors (Lipinski definition) is 3. The van der Waals surface area contributed by atoms with E-state index in [0.29, 0.717) is 5.92 Å². The lowest BCUT2D eigenvalue weighted by molar-refractivity contribution is -0.0325. The zero-order valence-electron chi connectivity index (χ0n) is 11.8. The van der Waals surface area contributed by atoms with E-state index < -0.39 is 19.5 Å². The fraction of sp³-hybridized carbons (Fsp3) is 1.00. The molecule has 0 spiro atoms. The molecule has 0 aromatic carbocycles. The minimum Gasteiger partial charge on any atom is -0.393 e. The number of aliphatic hydroxyl groups excluding tert-OH is 1. The van der Waals surface area contributed by atoms with Gasteiger partial charge in [0.15, 0.2) is 0 Å². The SMILES string of the molecule is CC(C)C1C(CO)(OCP(=O)(O)O)C1(C)C(C)C. The van der Waals surface area contributed by atoms with Gasteiger partial charge in [0.1, 0.15) is 11.9 Å². The van der Waals surface area contributed by atoms with E-state index in [0.717, 1.165) is 0 Å². The molecule has 3 unspecified atom stereocenters. The summed E-state index contributed by atoms with van der Waals surface area (Å²) in [6, 6.07) is 0. The molecule has 0 radical (unpaired) electrons. The smallest absolute Gasteiger partial charge is 0.351 e. The Labute approximate surface area is 109 Å². The summed E-state index contributed by atoms with van der Waals surface area (Å²) in [5.41, 5.74) is -1.07. The first-order valence-corrected chi connectivity index (χ1v) is 8.12. The lowest BCUT2D eigenvalue weighted by Crippen LogP contribution is -2.30. The van der Waals surface area contributed by atoms with Crippen molar-refractivity contribution in [3.63, 3.8) is 0 Å². The predicted molar refractivity (Wildman–Crippen MR) is 69.1 cm³/mol. The van der Waals surface area contributed by atoms with Crippen molar-refractivity contribution >= 4 is 7.60 Å². The molecule has 0 bridgehead atoms. The predicted octanol–water partition coefficient (Wildman–Crippen LogP) is 1.82. The van der Waals surface area contributed by atoms with Crippen molar-refractivity contribution in [3.05, 3.63) is 0 Å². The van der Waals surface area contributed by atoms with Crippen LogP contribution < -0.4 is 0 Å². The quantitative estimate of drug-likeness (QED) is 0.646. The molecule has 0 aromatic rings. The summed E-state index contributed by atoms with van der Waals surface area (Å²) >= 11 is 0. The summed E-state index contributed by atoms with van der Waals surface area (Å²) in [6.07, 6.45) is -0.626. The Bertz CT molecular complexity index is 350. The molecule has 1 aliphatic rings. The van der Waals surface area contributed by atoms with E-state index in [-0.39, 0.29) is 23.9 Å². The standard InChI is InChI=1S/C12H25O5P/c1-8(2)10-11(5,9(3)4)12(10,6-13)17-7-18(14,15)16/h8-10,13H,6-7H2,1-5H3,(H2,14,15,16). The van der Waals surface area contributed by atoms with Gasteiger partial charge in [-0.15, -0.1) is 0 Å². The van der Waals surface area contributed by atoms with Gasteiger partial charge in [-0.1, -0.05) is 34.6 Å². The molecular weight excluding hydrogens is 255 g/mol. The molecule has 0 saturated heterocycles. The van der Waals surface area contributed by atoms with E-state index in [1.807, 2.05) is 34.6 Å². The molecule has 108 valence electrons. The summed E-state index contributed by atoms with van der Waals surface area (Å²) in [5.74, 6) is 0.677. The molecule has 1 rings (SSSR count). The van der Waals surface area contributed by atoms with Crippen LogP contribution in [0.2, 0.25) is 0 Å². The van der Waals surface area contributed by atoms with Gasteiger partial charge in [-0.05, 0) is 11.8 Å². The lowest BCUT2D eigenvalue weighted by Gasteiger charge is -2.24. The maximum absolute atomic E-state index is 11.0. The Balaban J connectivity index is 2.96. The Morgan fingerprint density at radius 3 is 2.00 bits per heavy atom. The summed E-state index contributed by atoms with van der Waals surface area (Å²) in [7, 11) is -4.21. The van der Waals surface area contributed by atoms with E-state index in [2.05, 4.69) is 0 Å². The van der Waals surface area contributed by atoms with Crippen LogP contribution in [0.3, 0.4) is 0 Å². The molecule has 0 heterocycles. The Morgan fingerprint density at radius 2 is 1.78 bits per heavy atom. The molecule has 0 aliphatic heterocycles. The number of hydrogen-bond acceptors (Lipinski definition) is 3. The minimum atomic E-state index is -4.21. The van der Waals surface area contributed by atoms with Gasteiger partial charge in [-0.2, -0.15) is 0 Å². The maximum atomic E-state index is 11.0. The van der Waals surface area contributed by atoms with Crippen molar-refractivity contribution < 1.29 is 24.2 Å². The van der Waals surface area contributed by atoms with Crippen molar-refractivity contribution in [1.82, 2.24) is 0 Å². The zero-order valence-corrected chi connectivity index (χ0v) is 12.6. The van der Waals surface area contributed by atoms with Crippen LogP contribution in [0.15, 0.2) is 0 Å². The van der Waals surface area contributed by atoms with Gasteiger partial charge in [0, 0.05) is 11.3 Å². The summed E-state index contributed by atoms with van der Waals surface area (Å²) in [5, 5.41) is 9.68. The van der Waals surface area contributed by atoms with Crippen molar-refractivity contribution in [2.24, 2.45) is 23.2 Å². The van der Waals surface area contributed by atoms with Crippen LogP contribution >= 0.6 is 7.60 Å². The second-order valence-electron chi connectivity index (χ2n) is 6.14. The normalized spacial score (nSPS) is 36.4.